The fraction of sp³-hybridized carbons (Fsp3) is 0.733. The molecule has 0 saturated heterocycles. The van der Waals surface area contributed by atoms with Gasteiger partial charge in [-0.25, -0.2) is 0 Å². The Morgan fingerprint density at radius 3 is 2.19 bits per heavy atom. The third kappa shape index (κ3) is 6.03. The highest BCUT2D eigenvalue weighted by Gasteiger charge is 2.71. The Kier molecular flexibility index (Phi) is 9.99. The minimum Gasteiger partial charge on any atom is -0.481 e. The first-order valence-corrected chi connectivity index (χ1v) is 20.3. The largest absolute Gasteiger partial charge is 0.481 e. The highest BCUT2D eigenvalue weighted by molar-refractivity contribution is 6.01. The molecule has 1 aromatic rings. The van der Waals surface area contributed by atoms with E-state index in [2.05, 4.69) is 48.5 Å². The van der Waals surface area contributed by atoms with Crippen molar-refractivity contribution in [3.05, 3.63) is 47.0 Å². The van der Waals surface area contributed by atoms with Gasteiger partial charge in [0.1, 0.15) is 6.10 Å². The summed E-state index contributed by atoms with van der Waals surface area (Å²) in [5, 5.41) is 21.9. The van der Waals surface area contributed by atoms with Crippen LogP contribution in [0.5, 0.6) is 0 Å². The number of hydrogen-bond acceptors (Lipinski definition) is 6. The van der Waals surface area contributed by atoms with Crippen LogP contribution >= 0.6 is 0 Å². The lowest BCUT2D eigenvalue weighted by Gasteiger charge is -2.72. The van der Waals surface area contributed by atoms with Gasteiger partial charge in [-0.2, -0.15) is 0 Å². The van der Waals surface area contributed by atoms with Gasteiger partial charge in [-0.3, -0.25) is 19.2 Å². The summed E-state index contributed by atoms with van der Waals surface area (Å²) in [5.41, 5.74) is 0.556. The van der Waals surface area contributed by atoms with Crippen molar-refractivity contribution in [2.24, 2.45) is 56.2 Å². The summed E-state index contributed by atoms with van der Waals surface area (Å²) in [6.07, 6.45) is 6.48. The van der Waals surface area contributed by atoms with Crippen LogP contribution in [0.2, 0.25) is 0 Å². The molecule has 53 heavy (non-hydrogen) atoms. The molecular weight excluding hydrogens is 666 g/mol. The van der Waals surface area contributed by atoms with Crippen LogP contribution in [0.4, 0.5) is 0 Å². The first kappa shape index (κ1) is 39.7. The van der Waals surface area contributed by atoms with Crippen LogP contribution in [0, 0.1) is 56.2 Å². The van der Waals surface area contributed by atoms with Gasteiger partial charge in [0.25, 0.3) is 5.91 Å². The van der Waals surface area contributed by atoms with Gasteiger partial charge in [0.15, 0.2) is 5.78 Å². The minimum atomic E-state index is -1.18. The van der Waals surface area contributed by atoms with Crippen molar-refractivity contribution >= 4 is 23.6 Å². The van der Waals surface area contributed by atoms with Crippen LogP contribution in [0.1, 0.15) is 137 Å². The lowest BCUT2D eigenvalue weighted by atomic mass is 9.33. The van der Waals surface area contributed by atoms with Gasteiger partial charge in [-0.05, 0) is 123 Å². The number of benzene rings is 1. The van der Waals surface area contributed by atoms with Gasteiger partial charge in [0, 0.05) is 36.4 Å². The first-order valence-electron chi connectivity index (χ1n) is 20.3. The molecule has 292 valence electrons. The van der Waals surface area contributed by atoms with Crippen LogP contribution in [-0.4, -0.2) is 64.5 Å². The molecule has 0 heterocycles. The van der Waals surface area contributed by atoms with E-state index in [0.29, 0.717) is 23.8 Å². The Balaban J connectivity index is 1.28. The molecule has 1 aromatic carbocycles. The van der Waals surface area contributed by atoms with E-state index in [1.54, 1.807) is 37.9 Å². The van der Waals surface area contributed by atoms with Crippen molar-refractivity contribution in [3.8, 4) is 0 Å². The number of fused-ring (bicyclic) bond motifs is 7. The lowest BCUT2D eigenvalue weighted by Crippen LogP contribution is -2.66. The minimum absolute atomic E-state index is 0.00414. The third-order valence-electron chi connectivity index (χ3n) is 16.3. The van der Waals surface area contributed by atoms with Crippen LogP contribution < -0.4 is 0 Å². The van der Waals surface area contributed by atoms with E-state index >= 15 is 0 Å². The first-order chi connectivity index (χ1) is 24.6. The van der Waals surface area contributed by atoms with Gasteiger partial charge >= 0.3 is 11.9 Å². The Labute approximate surface area is 317 Å². The number of carboxylic acid groups (broad SMARTS) is 1. The van der Waals surface area contributed by atoms with Crippen molar-refractivity contribution in [2.45, 2.75) is 139 Å². The monoisotopic (exact) mass is 731 g/mol. The molecule has 5 aliphatic rings. The SMILES string of the molecule is CC(C)C1=C2[C@H]3CCC4[C@@]5(C)CC[C@H](OC(=O)CC(C)(C)C(=O)O)C(C)(C)[C@@H]5CC[C@@]4(C)[C@]3(C)CC[C@@]2([C@H](O)CN(C)C(=O)c2ccccc2)CC1=O. The molecule has 4 fully saturated rings. The van der Waals surface area contributed by atoms with Crippen LogP contribution in [0.25, 0.3) is 0 Å². The number of carboxylic acids is 1. The normalized spacial score (nSPS) is 36.9. The highest BCUT2D eigenvalue weighted by atomic mass is 16.5. The van der Waals surface area contributed by atoms with E-state index in [0.717, 1.165) is 56.9 Å². The van der Waals surface area contributed by atoms with Crippen molar-refractivity contribution in [3.63, 3.8) is 0 Å². The molecular formula is C45H65NO7. The number of carbonyl (C=O) groups is 4. The molecule has 5 aliphatic carbocycles. The zero-order chi connectivity index (χ0) is 39.1. The number of amides is 1. The molecule has 9 atom stereocenters. The van der Waals surface area contributed by atoms with E-state index in [4.69, 9.17) is 4.74 Å². The summed E-state index contributed by atoms with van der Waals surface area (Å²) in [5.74, 6) is -0.382. The summed E-state index contributed by atoms with van der Waals surface area (Å²) >= 11 is 0. The zero-order valence-electron chi connectivity index (χ0n) is 34.0. The molecule has 0 aliphatic heterocycles. The number of aliphatic hydroxyl groups is 1. The topological polar surface area (TPSA) is 121 Å². The lowest BCUT2D eigenvalue weighted by molar-refractivity contribution is -0.235. The predicted molar refractivity (Wildman–Crippen MR) is 205 cm³/mol. The number of rotatable bonds is 9. The van der Waals surface area contributed by atoms with E-state index < -0.39 is 28.9 Å². The van der Waals surface area contributed by atoms with Gasteiger partial charge in [0.2, 0.25) is 0 Å². The molecule has 8 nitrogen and oxygen atoms in total. The Bertz CT molecular complexity index is 1680. The van der Waals surface area contributed by atoms with Crippen molar-refractivity contribution in [1.82, 2.24) is 4.90 Å². The highest BCUT2D eigenvalue weighted by Crippen LogP contribution is 2.77. The predicted octanol–water partition coefficient (Wildman–Crippen LogP) is 8.51. The number of allylic oxidation sites excluding steroid dienone is 1. The maximum absolute atomic E-state index is 14.1. The molecule has 6 rings (SSSR count). The summed E-state index contributed by atoms with van der Waals surface area (Å²) in [6, 6.07) is 9.18. The fourth-order valence-electron chi connectivity index (χ4n) is 13.2. The summed E-state index contributed by atoms with van der Waals surface area (Å²) in [6.45, 7) is 19.6. The number of likely N-dealkylation sites (N-methyl/N-ethyl adjacent to an activating group) is 1. The van der Waals surface area contributed by atoms with Gasteiger partial charge in [-0.1, -0.05) is 72.2 Å². The van der Waals surface area contributed by atoms with E-state index in [-0.39, 0.29) is 64.3 Å². The van der Waals surface area contributed by atoms with Crippen LogP contribution in [-0.2, 0) is 19.1 Å². The third-order valence-corrected chi connectivity index (χ3v) is 16.3. The summed E-state index contributed by atoms with van der Waals surface area (Å²) in [4.78, 5) is 54.0. The molecule has 4 saturated carbocycles. The number of esters is 1. The second kappa shape index (κ2) is 13.3. The molecule has 0 spiro atoms. The maximum Gasteiger partial charge on any atom is 0.309 e. The zero-order valence-corrected chi connectivity index (χ0v) is 34.0. The number of ketones is 1. The van der Waals surface area contributed by atoms with Crippen LogP contribution in [0.15, 0.2) is 41.5 Å². The molecule has 8 heteroatoms. The number of nitrogens with zero attached hydrogens (tertiary/aromatic N) is 1. The average Bonchev–Trinajstić information content (AvgIpc) is 3.39. The Hall–Kier alpha value is -3.00. The van der Waals surface area contributed by atoms with Crippen molar-refractivity contribution in [1.29, 1.82) is 0 Å². The van der Waals surface area contributed by atoms with E-state index in [1.165, 1.54) is 5.57 Å². The van der Waals surface area contributed by atoms with Crippen molar-refractivity contribution in [2.75, 3.05) is 13.6 Å². The second-order valence-corrected chi connectivity index (χ2v) is 20.1. The average molecular weight is 732 g/mol. The summed E-state index contributed by atoms with van der Waals surface area (Å²) < 4.78 is 6.16. The number of Topliss-reactive ketones (excluding diaryl/α,β-unsaturated/α-hetero) is 1. The van der Waals surface area contributed by atoms with Gasteiger partial charge in [0.05, 0.1) is 17.9 Å². The number of ether oxygens (including phenoxy) is 1. The van der Waals surface area contributed by atoms with Gasteiger partial charge < -0.3 is 19.8 Å². The van der Waals surface area contributed by atoms with E-state index in [9.17, 15) is 29.4 Å². The summed E-state index contributed by atoms with van der Waals surface area (Å²) in [7, 11) is 1.75. The number of aliphatic hydroxyl groups excluding tert-OH is 1. The molecule has 0 bridgehead atoms. The molecule has 1 unspecified atom stereocenters. The molecule has 0 aromatic heterocycles. The smallest absolute Gasteiger partial charge is 0.309 e. The standard InChI is InChI=1S/C45H65NO7/c1-27(2)36-30(47)24-45(33(48)26-46(10)38(50)28-14-12-11-13-15-28)23-22-43(8)29(37(36)45)16-17-32-42(7)20-19-34(53-35(49)25-40(3,4)39(51)52)41(5,6)31(42)18-21-44(32,43)9/h11-15,27,29,31-34,48H,16-26H2,1-10H3,(H,51,52)/t29-,31+,32?,33-,34+,42+,43-,44-,45+/m1/s1. The van der Waals surface area contributed by atoms with Crippen LogP contribution in [0.3, 0.4) is 0 Å². The second-order valence-electron chi connectivity index (χ2n) is 20.1. The van der Waals surface area contributed by atoms with E-state index in [1.807, 2.05) is 18.2 Å². The number of hydrogen-bond donors (Lipinski definition) is 2. The molecule has 1 amide bonds. The van der Waals surface area contributed by atoms with Gasteiger partial charge in [-0.15, -0.1) is 0 Å². The Morgan fingerprint density at radius 1 is 0.906 bits per heavy atom. The quantitative estimate of drug-likeness (QED) is 0.244. The van der Waals surface area contributed by atoms with Crippen molar-refractivity contribution < 1.29 is 34.1 Å². The fourth-order valence-corrected chi connectivity index (χ4v) is 13.2. The Morgan fingerprint density at radius 2 is 1.57 bits per heavy atom. The number of carbonyl (C=O) groups excluding carboxylic acids is 3. The molecule has 2 N–H and O–H groups in total. The molecule has 0 radical (unpaired) electrons. The number of aliphatic carboxylic acids is 1. The maximum atomic E-state index is 14.1.